The number of likely N-dealkylation sites (N-methyl/N-ethyl adjacent to an activating group) is 1. The van der Waals surface area contributed by atoms with Crippen molar-refractivity contribution in [3.63, 3.8) is 0 Å². The molecule has 1 amide bonds. The van der Waals surface area contributed by atoms with Crippen LogP contribution >= 0.6 is 0 Å². The van der Waals surface area contributed by atoms with Crippen LogP contribution in [0.25, 0.3) is 0 Å². The molecular formula is C11H14F3N3O. The summed E-state index contributed by atoms with van der Waals surface area (Å²) in [6, 6.07) is 1.55. The van der Waals surface area contributed by atoms with Gasteiger partial charge in [-0.2, -0.15) is 13.2 Å². The standard InChI is InChI=1S/C11H14F3N3O/c1-3-15-10(18)7(2)17-9-5-4-8(6-16-9)11(12,13)14/h4-7H,3H2,1-2H3,(H,15,18)(H,16,17). The van der Waals surface area contributed by atoms with E-state index in [1.165, 1.54) is 6.07 Å². The fourth-order valence-electron chi connectivity index (χ4n) is 1.26. The SMILES string of the molecule is CCNC(=O)C(C)Nc1ccc(C(F)(F)F)cn1. The maximum Gasteiger partial charge on any atom is 0.417 e. The number of hydrogen-bond donors (Lipinski definition) is 2. The molecule has 1 aromatic rings. The first-order chi connectivity index (χ1) is 8.34. The maximum absolute atomic E-state index is 12.3. The second kappa shape index (κ2) is 5.70. The number of nitrogens with one attached hydrogen (secondary N) is 2. The van der Waals surface area contributed by atoms with Crippen molar-refractivity contribution in [2.75, 3.05) is 11.9 Å². The van der Waals surface area contributed by atoms with Crippen molar-refractivity contribution in [2.45, 2.75) is 26.1 Å². The fourth-order valence-corrected chi connectivity index (χ4v) is 1.26. The first kappa shape index (κ1) is 14.3. The van der Waals surface area contributed by atoms with Crippen LogP contribution in [0.2, 0.25) is 0 Å². The highest BCUT2D eigenvalue weighted by atomic mass is 19.4. The Labute approximate surface area is 103 Å². The van der Waals surface area contributed by atoms with Crippen LogP contribution in [-0.2, 0) is 11.0 Å². The predicted molar refractivity (Wildman–Crippen MR) is 61.0 cm³/mol. The van der Waals surface area contributed by atoms with E-state index in [1.54, 1.807) is 13.8 Å². The molecule has 100 valence electrons. The smallest absolute Gasteiger partial charge is 0.359 e. The third-order valence-electron chi connectivity index (χ3n) is 2.20. The molecule has 0 aliphatic rings. The Hall–Kier alpha value is -1.79. The second-order valence-corrected chi connectivity index (χ2v) is 3.69. The van der Waals surface area contributed by atoms with Crippen LogP contribution in [0.15, 0.2) is 18.3 Å². The van der Waals surface area contributed by atoms with E-state index in [9.17, 15) is 18.0 Å². The summed E-state index contributed by atoms with van der Waals surface area (Å²) in [5, 5.41) is 5.31. The summed E-state index contributed by atoms with van der Waals surface area (Å²) >= 11 is 0. The summed E-state index contributed by atoms with van der Waals surface area (Å²) in [4.78, 5) is 15.0. The molecule has 0 radical (unpaired) electrons. The quantitative estimate of drug-likeness (QED) is 0.872. The van der Waals surface area contributed by atoms with Gasteiger partial charge in [0.05, 0.1) is 5.56 Å². The number of hydrogen-bond acceptors (Lipinski definition) is 3. The van der Waals surface area contributed by atoms with Gasteiger partial charge < -0.3 is 10.6 Å². The van der Waals surface area contributed by atoms with E-state index < -0.39 is 17.8 Å². The van der Waals surface area contributed by atoms with Gasteiger partial charge in [-0.15, -0.1) is 0 Å². The molecule has 0 aliphatic carbocycles. The highest BCUT2D eigenvalue weighted by Crippen LogP contribution is 2.28. The van der Waals surface area contributed by atoms with Crippen molar-refractivity contribution in [3.05, 3.63) is 23.9 Å². The summed E-state index contributed by atoms with van der Waals surface area (Å²) in [6.45, 7) is 3.87. The number of carbonyl (C=O) groups is 1. The molecule has 4 nitrogen and oxygen atoms in total. The average molecular weight is 261 g/mol. The number of halogens is 3. The van der Waals surface area contributed by atoms with E-state index >= 15 is 0 Å². The molecule has 0 spiro atoms. The summed E-state index contributed by atoms with van der Waals surface area (Å²) < 4.78 is 36.9. The number of amides is 1. The van der Waals surface area contributed by atoms with E-state index in [0.29, 0.717) is 6.54 Å². The van der Waals surface area contributed by atoms with E-state index in [4.69, 9.17) is 0 Å². The number of pyridine rings is 1. The lowest BCUT2D eigenvalue weighted by Gasteiger charge is -2.14. The lowest BCUT2D eigenvalue weighted by Crippen LogP contribution is -2.37. The van der Waals surface area contributed by atoms with Gasteiger partial charge in [-0.3, -0.25) is 4.79 Å². The van der Waals surface area contributed by atoms with Gasteiger partial charge in [-0.05, 0) is 26.0 Å². The summed E-state index contributed by atoms with van der Waals surface area (Å²) in [5.74, 6) is -0.0130. The molecular weight excluding hydrogens is 247 g/mol. The van der Waals surface area contributed by atoms with Crippen molar-refractivity contribution in [1.29, 1.82) is 0 Å². The largest absolute Gasteiger partial charge is 0.417 e. The number of aromatic nitrogens is 1. The van der Waals surface area contributed by atoms with Crippen LogP contribution in [0.4, 0.5) is 19.0 Å². The minimum atomic E-state index is -4.41. The Kier molecular flexibility index (Phi) is 4.52. The zero-order valence-electron chi connectivity index (χ0n) is 10.0. The minimum Gasteiger partial charge on any atom is -0.359 e. The van der Waals surface area contributed by atoms with Gasteiger partial charge in [0.1, 0.15) is 11.9 Å². The van der Waals surface area contributed by atoms with E-state index in [-0.39, 0.29) is 11.7 Å². The molecule has 0 aromatic carbocycles. The third-order valence-corrected chi connectivity index (χ3v) is 2.20. The predicted octanol–water partition coefficient (Wildman–Crippen LogP) is 2.04. The lowest BCUT2D eigenvalue weighted by atomic mass is 10.2. The highest BCUT2D eigenvalue weighted by Gasteiger charge is 2.30. The molecule has 1 rings (SSSR count). The van der Waals surface area contributed by atoms with E-state index in [2.05, 4.69) is 15.6 Å². The van der Waals surface area contributed by atoms with Crippen molar-refractivity contribution in [3.8, 4) is 0 Å². The summed E-state index contributed by atoms with van der Waals surface area (Å²) in [6.07, 6.45) is -3.68. The lowest BCUT2D eigenvalue weighted by molar-refractivity contribution is -0.137. The number of nitrogens with zero attached hydrogens (tertiary/aromatic N) is 1. The van der Waals surface area contributed by atoms with E-state index in [1.807, 2.05) is 0 Å². The van der Waals surface area contributed by atoms with Crippen LogP contribution in [0.1, 0.15) is 19.4 Å². The Morgan fingerprint density at radius 3 is 2.56 bits per heavy atom. The monoisotopic (exact) mass is 261 g/mol. The first-order valence-corrected chi connectivity index (χ1v) is 5.42. The van der Waals surface area contributed by atoms with Crippen LogP contribution in [0, 0.1) is 0 Å². The van der Waals surface area contributed by atoms with Crippen LogP contribution in [0.5, 0.6) is 0 Å². The zero-order valence-corrected chi connectivity index (χ0v) is 10.0. The molecule has 18 heavy (non-hydrogen) atoms. The average Bonchev–Trinajstić information content (AvgIpc) is 2.28. The van der Waals surface area contributed by atoms with E-state index in [0.717, 1.165) is 12.3 Å². The number of rotatable bonds is 4. The zero-order chi connectivity index (χ0) is 13.8. The molecule has 1 heterocycles. The first-order valence-electron chi connectivity index (χ1n) is 5.42. The van der Waals surface area contributed by atoms with Crippen molar-refractivity contribution in [1.82, 2.24) is 10.3 Å². The molecule has 1 unspecified atom stereocenters. The molecule has 0 saturated carbocycles. The second-order valence-electron chi connectivity index (χ2n) is 3.69. The van der Waals surface area contributed by atoms with Gasteiger partial charge in [0.25, 0.3) is 0 Å². The normalized spacial score (nSPS) is 12.9. The van der Waals surface area contributed by atoms with Gasteiger partial charge in [-0.25, -0.2) is 4.98 Å². The van der Waals surface area contributed by atoms with Crippen molar-refractivity contribution < 1.29 is 18.0 Å². The Balaban J connectivity index is 2.67. The molecule has 0 fully saturated rings. The van der Waals surface area contributed by atoms with Crippen LogP contribution in [-0.4, -0.2) is 23.5 Å². The van der Waals surface area contributed by atoms with Gasteiger partial charge in [0.2, 0.25) is 5.91 Å². The van der Waals surface area contributed by atoms with Gasteiger partial charge in [0.15, 0.2) is 0 Å². The molecule has 2 N–H and O–H groups in total. The molecule has 7 heteroatoms. The van der Waals surface area contributed by atoms with Gasteiger partial charge in [0, 0.05) is 12.7 Å². The molecule has 1 atom stereocenters. The number of alkyl halides is 3. The Bertz CT molecular complexity index is 403. The van der Waals surface area contributed by atoms with Gasteiger partial charge >= 0.3 is 6.18 Å². The minimum absolute atomic E-state index is 0.224. The van der Waals surface area contributed by atoms with Crippen molar-refractivity contribution >= 4 is 11.7 Å². The Morgan fingerprint density at radius 1 is 1.44 bits per heavy atom. The topological polar surface area (TPSA) is 54.0 Å². The molecule has 0 bridgehead atoms. The van der Waals surface area contributed by atoms with Crippen LogP contribution < -0.4 is 10.6 Å². The third kappa shape index (κ3) is 3.90. The Morgan fingerprint density at radius 2 is 2.11 bits per heavy atom. The molecule has 1 aromatic heterocycles. The van der Waals surface area contributed by atoms with Crippen LogP contribution in [0.3, 0.4) is 0 Å². The summed E-state index contributed by atoms with van der Waals surface area (Å²) in [7, 11) is 0. The maximum atomic E-state index is 12.3. The van der Waals surface area contributed by atoms with Gasteiger partial charge in [-0.1, -0.05) is 0 Å². The number of carbonyl (C=O) groups excluding carboxylic acids is 1. The highest BCUT2D eigenvalue weighted by molar-refractivity contribution is 5.83. The summed E-state index contributed by atoms with van der Waals surface area (Å²) in [5.41, 5.74) is -0.821. The molecule has 0 saturated heterocycles. The van der Waals surface area contributed by atoms with Crippen molar-refractivity contribution in [2.24, 2.45) is 0 Å². The number of anilines is 1. The fraction of sp³-hybridized carbons (Fsp3) is 0.455. The molecule has 0 aliphatic heterocycles.